The van der Waals surface area contributed by atoms with Crippen LogP contribution in [0.15, 0.2) is 24.3 Å². The summed E-state index contributed by atoms with van der Waals surface area (Å²) >= 11 is 0. The van der Waals surface area contributed by atoms with Gasteiger partial charge in [-0.1, -0.05) is 36.8 Å². The molecular formula is C23H33NO2. The van der Waals surface area contributed by atoms with Crippen LogP contribution in [-0.2, 0) is 10.2 Å². The van der Waals surface area contributed by atoms with Crippen LogP contribution in [0.3, 0.4) is 0 Å². The molecule has 1 aromatic rings. The summed E-state index contributed by atoms with van der Waals surface area (Å²) in [6.45, 7) is 6.26. The molecule has 1 aromatic carbocycles. The maximum atomic E-state index is 13.3. The normalized spacial score (nSPS) is 37.4. The number of benzene rings is 1. The first-order chi connectivity index (χ1) is 12.3. The number of carbonyl (C=O) groups excluding carboxylic acids is 1. The second-order valence-electron chi connectivity index (χ2n) is 9.92. The number of carbonyl (C=O) groups is 1. The summed E-state index contributed by atoms with van der Waals surface area (Å²) in [5, 5.41) is 13.4. The maximum Gasteiger partial charge on any atom is 0.226 e. The zero-order valence-electron chi connectivity index (χ0n) is 16.5. The molecule has 0 aliphatic heterocycles. The molecule has 3 nitrogen and oxygen atoms in total. The molecule has 26 heavy (non-hydrogen) atoms. The molecule has 142 valence electrons. The minimum absolute atomic E-state index is 0.183. The molecule has 5 rings (SSSR count). The van der Waals surface area contributed by atoms with Crippen LogP contribution in [0.25, 0.3) is 0 Å². The summed E-state index contributed by atoms with van der Waals surface area (Å²) in [6, 6.07) is 9.05. The van der Waals surface area contributed by atoms with E-state index in [1.807, 2.05) is 6.92 Å². The second kappa shape index (κ2) is 6.09. The molecule has 4 saturated carbocycles. The molecule has 0 heterocycles. The third kappa shape index (κ3) is 2.98. The molecule has 0 saturated heterocycles. The van der Waals surface area contributed by atoms with Gasteiger partial charge in [-0.25, -0.2) is 0 Å². The van der Waals surface area contributed by atoms with Gasteiger partial charge in [-0.15, -0.1) is 0 Å². The minimum Gasteiger partial charge on any atom is -0.388 e. The Morgan fingerprint density at radius 1 is 1.19 bits per heavy atom. The number of nitrogens with one attached hydrogen (secondary N) is 1. The predicted molar refractivity (Wildman–Crippen MR) is 104 cm³/mol. The zero-order chi connectivity index (χ0) is 18.6. The number of hydrogen-bond acceptors (Lipinski definition) is 2. The lowest BCUT2D eigenvalue weighted by Crippen LogP contribution is -2.59. The first kappa shape index (κ1) is 18.0. The third-order valence-corrected chi connectivity index (χ3v) is 7.60. The van der Waals surface area contributed by atoms with E-state index in [9.17, 15) is 9.90 Å². The molecule has 3 atom stereocenters. The van der Waals surface area contributed by atoms with Gasteiger partial charge in [0.2, 0.25) is 5.91 Å². The average molecular weight is 356 g/mol. The van der Waals surface area contributed by atoms with E-state index in [1.54, 1.807) is 6.92 Å². The van der Waals surface area contributed by atoms with Gasteiger partial charge in [0, 0.05) is 6.54 Å². The Labute approximate surface area is 157 Å². The van der Waals surface area contributed by atoms with Gasteiger partial charge in [-0.3, -0.25) is 4.79 Å². The fourth-order valence-electron chi connectivity index (χ4n) is 6.36. The Bertz CT molecular complexity index is 677. The first-order valence-electron chi connectivity index (χ1n) is 10.3. The highest BCUT2D eigenvalue weighted by Crippen LogP contribution is 2.65. The van der Waals surface area contributed by atoms with Gasteiger partial charge >= 0.3 is 0 Å². The van der Waals surface area contributed by atoms with Gasteiger partial charge in [0.25, 0.3) is 0 Å². The van der Waals surface area contributed by atoms with Crippen molar-refractivity contribution in [2.24, 2.45) is 17.3 Å². The van der Waals surface area contributed by atoms with Crippen molar-refractivity contribution in [3.8, 4) is 0 Å². The van der Waals surface area contributed by atoms with Crippen molar-refractivity contribution >= 4 is 5.91 Å². The van der Waals surface area contributed by atoms with Crippen LogP contribution in [-0.4, -0.2) is 23.2 Å². The lowest BCUT2D eigenvalue weighted by molar-refractivity contribution is -0.150. The average Bonchev–Trinajstić information content (AvgIpc) is 2.59. The fraction of sp³-hybridized carbons (Fsp3) is 0.696. The summed E-state index contributed by atoms with van der Waals surface area (Å²) in [5.74, 6) is 1.54. The van der Waals surface area contributed by atoms with Crippen molar-refractivity contribution in [2.45, 2.75) is 76.7 Å². The van der Waals surface area contributed by atoms with Gasteiger partial charge in [0.1, 0.15) is 0 Å². The van der Waals surface area contributed by atoms with Crippen LogP contribution in [0.2, 0.25) is 0 Å². The highest BCUT2D eigenvalue weighted by atomic mass is 16.3. The van der Waals surface area contributed by atoms with E-state index in [-0.39, 0.29) is 16.7 Å². The summed E-state index contributed by atoms with van der Waals surface area (Å²) in [4.78, 5) is 13.3. The number of rotatable bonds is 5. The third-order valence-electron chi connectivity index (χ3n) is 7.60. The van der Waals surface area contributed by atoms with Crippen LogP contribution >= 0.6 is 0 Å². The molecule has 4 aliphatic rings. The molecule has 0 radical (unpaired) electrons. The minimum atomic E-state index is -0.813. The largest absolute Gasteiger partial charge is 0.388 e. The van der Waals surface area contributed by atoms with Crippen molar-refractivity contribution in [2.75, 3.05) is 6.54 Å². The molecule has 0 aromatic heterocycles. The summed E-state index contributed by atoms with van der Waals surface area (Å²) < 4.78 is 0. The maximum absolute atomic E-state index is 13.3. The highest BCUT2D eigenvalue weighted by Gasteiger charge is 2.60. The molecule has 4 bridgehead atoms. The van der Waals surface area contributed by atoms with Gasteiger partial charge in [-0.05, 0) is 81.6 Å². The Balaban J connectivity index is 1.60. The molecule has 4 aliphatic carbocycles. The number of amides is 1. The molecular weight excluding hydrogens is 322 g/mol. The summed E-state index contributed by atoms with van der Waals surface area (Å²) in [5.41, 5.74) is 1.89. The topological polar surface area (TPSA) is 49.3 Å². The van der Waals surface area contributed by atoms with Crippen molar-refractivity contribution in [1.29, 1.82) is 0 Å². The number of aryl methyl sites for hydroxylation is 1. The van der Waals surface area contributed by atoms with Gasteiger partial charge in [0.15, 0.2) is 0 Å². The van der Waals surface area contributed by atoms with E-state index in [0.29, 0.717) is 24.8 Å². The van der Waals surface area contributed by atoms with E-state index in [1.165, 1.54) is 30.4 Å². The highest BCUT2D eigenvalue weighted by molar-refractivity contribution is 5.83. The van der Waals surface area contributed by atoms with E-state index in [0.717, 1.165) is 19.3 Å². The first-order valence-corrected chi connectivity index (χ1v) is 10.3. The molecule has 3 unspecified atom stereocenters. The van der Waals surface area contributed by atoms with Crippen LogP contribution in [0.5, 0.6) is 0 Å². The quantitative estimate of drug-likeness (QED) is 0.835. The molecule has 4 fully saturated rings. The number of aliphatic hydroxyl groups is 1. The smallest absolute Gasteiger partial charge is 0.226 e. The number of hydrogen-bond donors (Lipinski definition) is 2. The van der Waals surface area contributed by atoms with Crippen LogP contribution in [0.1, 0.15) is 69.9 Å². The summed E-state index contributed by atoms with van der Waals surface area (Å²) in [7, 11) is 0. The lowest BCUT2D eigenvalue weighted by Gasteiger charge is -2.61. The van der Waals surface area contributed by atoms with Gasteiger partial charge < -0.3 is 10.4 Å². The fourth-order valence-corrected chi connectivity index (χ4v) is 6.36. The van der Waals surface area contributed by atoms with Gasteiger partial charge in [-0.2, -0.15) is 0 Å². The summed E-state index contributed by atoms with van der Waals surface area (Å²) in [6.07, 6.45) is 7.50. The Morgan fingerprint density at radius 3 is 2.38 bits per heavy atom. The molecule has 1 amide bonds. The van der Waals surface area contributed by atoms with Crippen LogP contribution in [0.4, 0.5) is 0 Å². The SMILES string of the molecule is CCC(C)(O)CNC(=O)C12CC3CC(C1)CC(c1ccc(C)cc1)(C3)C2. The van der Waals surface area contributed by atoms with Crippen molar-refractivity contribution < 1.29 is 9.90 Å². The monoisotopic (exact) mass is 355 g/mol. The van der Waals surface area contributed by atoms with Gasteiger partial charge in [0.05, 0.1) is 11.0 Å². The molecule has 2 N–H and O–H groups in total. The van der Waals surface area contributed by atoms with Crippen molar-refractivity contribution in [3.63, 3.8) is 0 Å². The van der Waals surface area contributed by atoms with E-state index < -0.39 is 5.60 Å². The lowest BCUT2D eigenvalue weighted by atomic mass is 9.42. The zero-order valence-corrected chi connectivity index (χ0v) is 16.5. The Morgan fingerprint density at radius 2 is 1.81 bits per heavy atom. The van der Waals surface area contributed by atoms with Crippen LogP contribution in [0, 0.1) is 24.2 Å². The van der Waals surface area contributed by atoms with Crippen LogP contribution < -0.4 is 5.32 Å². The van der Waals surface area contributed by atoms with Crippen molar-refractivity contribution in [1.82, 2.24) is 5.32 Å². The Kier molecular flexibility index (Phi) is 4.22. The second-order valence-corrected chi connectivity index (χ2v) is 9.92. The molecule has 0 spiro atoms. The van der Waals surface area contributed by atoms with E-state index in [2.05, 4.69) is 36.5 Å². The molecule has 3 heteroatoms. The van der Waals surface area contributed by atoms with E-state index >= 15 is 0 Å². The standard InChI is InChI=1S/C23H33NO2/c1-4-21(3,26)15-24-20(25)23-12-17-9-18(13-23)11-22(10-17,14-23)19-7-5-16(2)6-8-19/h5-8,17-18,26H,4,9-15H2,1-3H3,(H,24,25). The van der Waals surface area contributed by atoms with E-state index in [4.69, 9.17) is 0 Å². The predicted octanol–water partition coefficient (Wildman–Crippen LogP) is 4.11. The van der Waals surface area contributed by atoms with Crippen molar-refractivity contribution in [3.05, 3.63) is 35.4 Å². The Hall–Kier alpha value is -1.35.